The molecule has 7 heteroatoms. The van der Waals surface area contributed by atoms with E-state index in [4.69, 9.17) is 5.73 Å². The molecule has 2 rings (SSSR count). The SMILES string of the molecule is CN(c1ccncc1N)S(=O)(=O)c1ccc(F)cc1. The molecular formula is C12H12FN3O2S. The lowest BCUT2D eigenvalue weighted by Crippen LogP contribution is -2.27. The third-order valence-corrected chi connectivity index (χ3v) is 4.42. The topological polar surface area (TPSA) is 76.3 Å². The van der Waals surface area contributed by atoms with Crippen LogP contribution in [-0.4, -0.2) is 20.4 Å². The number of nitrogens with zero attached hydrogens (tertiary/aromatic N) is 2. The number of anilines is 2. The number of nitrogen functional groups attached to an aromatic ring is 1. The van der Waals surface area contributed by atoms with E-state index < -0.39 is 15.8 Å². The molecule has 0 bridgehead atoms. The van der Waals surface area contributed by atoms with Crippen molar-refractivity contribution < 1.29 is 12.8 Å². The van der Waals surface area contributed by atoms with E-state index in [9.17, 15) is 12.8 Å². The van der Waals surface area contributed by atoms with Crippen LogP contribution in [0.25, 0.3) is 0 Å². The molecule has 0 fully saturated rings. The third kappa shape index (κ3) is 2.50. The first-order chi connectivity index (χ1) is 8.93. The van der Waals surface area contributed by atoms with Gasteiger partial charge in [0, 0.05) is 13.2 Å². The summed E-state index contributed by atoms with van der Waals surface area (Å²) in [4.78, 5) is 3.79. The molecule has 0 spiro atoms. The summed E-state index contributed by atoms with van der Waals surface area (Å²) in [7, 11) is -2.39. The summed E-state index contributed by atoms with van der Waals surface area (Å²) >= 11 is 0. The second-order valence-electron chi connectivity index (χ2n) is 3.86. The van der Waals surface area contributed by atoms with Crippen molar-refractivity contribution >= 4 is 21.4 Å². The molecule has 0 aliphatic rings. The molecule has 0 aliphatic heterocycles. The lowest BCUT2D eigenvalue weighted by atomic mass is 10.3. The number of halogens is 1. The van der Waals surface area contributed by atoms with Gasteiger partial charge in [-0.2, -0.15) is 0 Å². The van der Waals surface area contributed by atoms with Crippen molar-refractivity contribution in [1.82, 2.24) is 4.98 Å². The van der Waals surface area contributed by atoms with E-state index in [2.05, 4.69) is 4.98 Å². The fraction of sp³-hybridized carbons (Fsp3) is 0.0833. The first-order valence-corrected chi connectivity index (χ1v) is 6.81. The van der Waals surface area contributed by atoms with Gasteiger partial charge in [-0.25, -0.2) is 12.8 Å². The van der Waals surface area contributed by atoms with Gasteiger partial charge < -0.3 is 5.73 Å². The van der Waals surface area contributed by atoms with E-state index in [0.29, 0.717) is 5.69 Å². The van der Waals surface area contributed by atoms with Crippen LogP contribution in [0.15, 0.2) is 47.6 Å². The van der Waals surface area contributed by atoms with Crippen LogP contribution in [0.5, 0.6) is 0 Å². The number of rotatable bonds is 3. The Morgan fingerprint density at radius 3 is 2.42 bits per heavy atom. The highest BCUT2D eigenvalue weighted by molar-refractivity contribution is 7.92. The van der Waals surface area contributed by atoms with Crippen LogP contribution in [0.1, 0.15) is 0 Å². The third-order valence-electron chi connectivity index (χ3n) is 2.64. The molecule has 2 aromatic rings. The molecule has 100 valence electrons. The van der Waals surface area contributed by atoms with Gasteiger partial charge >= 0.3 is 0 Å². The standard InChI is InChI=1S/C12H12FN3O2S/c1-16(12-6-7-15-8-11(12)14)19(17,18)10-4-2-9(13)3-5-10/h2-8H,14H2,1H3. The molecule has 0 atom stereocenters. The monoisotopic (exact) mass is 281 g/mol. The Morgan fingerprint density at radius 2 is 1.84 bits per heavy atom. The van der Waals surface area contributed by atoms with Crippen LogP contribution >= 0.6 is 0 Å². The van der Waals surface area contributed by atoms with Crippen LogP contribution in [0, 0.1) is 5.82 Å². The summed E-state index contributed by atoms with van der Waals surface area (Å²) in [6.07, 6.45) is 2.81. The smallest absolute Gasteiger partial charge is 0.264 e. The van der Waals surface area contributed by atoms with Gasteiger partial charge in [-0.15, -0.1) is 0 Å². The Labute approximate surface area is 110 Å². The molecule has 1 heterocycles. The average molecular weight is 281 g/mol. The summed E-state index contributed by atoms with van der Waals surface area (Å²) < 4.78 is 38.5. The molecule has 19 heavy (non-hydrogen) atoms. The van der Waals surface area contributed by atoms with Crippen molar-refractivity contribution in [1.29, 1.82) is 0 Å². The summed E-state index contributed by atoms with van der Waals surface area (Å²) in [6.45, 7) is 0. The van der Waals surface area contributed by atoms with Crippen LogP contribution < -0.4 is 10.0 Å². The minimum Gasteiger partial charge on any atom is -0.396 e. The van der Waals surface area contributed by atoms with E-state index in [0.717, 1.165) is 16.4 Å². The molecule has 0 aliphatic carbocycles. The highest BCUT2D eigenvalue weighted by Crippen LogP contribution is 2.26. The molecule has 0 unspecified atom stereocenters. The minimum atomic E-state index is -3.77. The quantitative estimate of drug-likeness (QED) is 0.927. The van der Waals surface area contributed by atoms with Crippen LogP contribution in [-0.2, 0) is 10.0 Å². The minimum absolute atomic E-state index is 0.00684. The second-order valence-corrected chi connectivity index (χ2v) is 5.83. The van der Waals surface area contributed by atoms with Gasteiger partial charge in [0.2, 0.25) is 0 Å². The highest BCUT2D eigenvalue weighted by Gasteiger charge is 2.22. The van der Waals surface area contributed by atoms with Gasteiger partial charge in [0.15, 0.2) is 0 Å². The van der Waals surface area contributed by atoms with Crippen molar-refractivity contribution in [2.45, 2.75) is 4.90 Å². The van der Waals surface area contributed by atoms with E-state index in [1.54, 1.807) is 0 Å². The van der Waals surface area contributed by atoms with Crippen LogP contribution in [0.3, 0.4) is 0 Å². The summed E-state index contributed by atoms with van der Waals surface area (Å²) in [6, 6.07) is 6.10. The van der Waals surface area contributed by atoms with E-state index >= 15 is 0 Å². The predicted octanol–water partition coefficient (Wildman–Crippen LogP) is 1.63. The lowest BCUT2D eigenvalue weighted by Gasteiger charge is -2.20. The van der Waals surface area contributed by atoms with Crippen molar-refractivity contribution in [2.24, 2.45) is 0 Å². The molecule has 0 saturated heterocycles. The Hall–Kier alpha value is -2.15. The van der Waals surface area contributed by atoms with E-state index in [1.807, 2.05) is 0 Å². The van der Waals surface area contributed by atoms with Crippen molar-refractivity contribution in [3.05, 3.63) is 48.5 Å². The Morgan fingerprint density at radius 1 is 1.21 bits per heavy atom. The zero-order chi connectivity index (χ0) is 14.0. The van der Waals surface area contributed by atoms with Gasteiger partial charge in [0.25, 0.3) is 10.0 Å². The number of hydrogen-bond acceptors (Lipinski definition) is 4. The maximum atomic E-state index is 12.8. The van der Waals surface area contributed by atoms with Gasteiger partial charge in [-0.3, -0.25) is 9.29 Å². The molecule has 2 N–H and O–H groups in total. The molecule has 0 amide bonds. The maximum Gasteiger partial charge on any atom is 0.264 e. The number of aromatic nitrogens is 1. The van der Waals surface area contributed by atoms with Crippen molar-refractivity contribution in [3.63, 3.8) is 0 Å². The summed E-state index contributed by atoms with van der Waals surface area (Å²) in [5, 5.41) is 0. The lowest BCUT2D eigenvalue weighted by molar-refractivity contribution is 0.593. The Bertz CT molecular complexity index is 686. The number of hydrogen-bond donors (Lipinski definition) is 1. The number of sulfonamides is 1. The fourth-order valence-corrected chi connectivity index (χ4v) is 2.80. The van der Waals surface area contributed by atoms with Gasteiger partial charge in [-0.05, 0) is 30.3 Å². The fourth-order valence-electron chi connectivity index (χ4n) is 1.58. The van der Waals surface area contributed by atoms with Crippen LogP contribution in [0.4, 0.5) is 15.8 Å². The highest BCUT2D eigenvalue weighted by atomic mass is 32.2. The Balaban J connectivity index is 2.45. The van der Waals surface area contributed by atoms with E-state index in [1.165, 1.54) is 37.6 Å². The zero-order valence-electron chi connectivity index (χ0n) is 10.1. The molecular weight excluding hydrogens is 269 g/mol. The second kappa shape index (κ2) is 4.85. The average Bonchev–Trinajstić information content (AvgIpc) is 2.39. The predicted molar refractivity (Wildman–Crippen MR) is 70.6 cm³/mol. The van der Waals surface area contributed by atoms with Gasteiger partial charge in [0.1, 0.15) is 5.82 Å². The maximum absolute atomic E-state index is 12.8. The molecule has 0 saturated carbocycles. The van der Waals surface area contributed by atoms with Crippen molar-refractivity contribution in [2.75, 3.05) is 17.1 Å². The van der Waals surface area contributed by atoms with Gasteiger partial charge in [0.05, 0.1) is 22.5 Å². The number of pyridine rings is 1. The summed E-state index contributed by atoms with van der Waals surface area (Å²) in [5.74, 6) is -0.495. The first-order valence-electron chi connectivity index (χ1n) is 5.37. The normalized spacial score (nSPS) is 11.3. The largest absolute Gasteiger partial charge is 0.396 e. The number of nitrogens with two attached hydrogens (primary N) is 1. The molecule has 0 radical (unpaired) electrons. The number of benzene rings is 1. The zero-order valence-corrected chi connectivity index (χ0v) is 10.9. The molecule has 1 aromatic carbocycles. The van der Waals surface area contributed by atoms with E-state index in [-0.39, 0.29) is 10.6 Å². The van der Waals surface area contributed by atoms with Crippen LogP contribution in [0.2, 0.25) is 0 Å². The first kappa shape index (κ1) is 13.3. The summed E-state index contributed by atoms with van der Waals surface area (Å²) in [5.41, 5.74) is 6.26. The molecule has 5 nitrogen and oxygen atoms in total. The Kier molecular flexibility index (Phi) is 3.39. The van der Waals surface area contributed by atoms with Gasteiger partial charge in [-0.1, -0.05) is 0 Å². The van der Waals surface area contributed by atoms with Crippen molar-refractivity contribution in [3.8, 4) is 0 Å². The molecule has 1 aromatic heterocycles.